The Morgan fingerprint density at radius 2 is 1.86 bits per heavy atom. The Morgan fingerprint density at radius 1 is 1.09 bits per heavy atom. The summed E-state index contributed by atoms with van der Waals surface area (Å²) in [5, 5.41) is 10.6. The molecule has 3 aromatic carbocycles. The Labute approximate surface area is 216 Å². The summed E-state index contributed by atoms with van der Waals surface area (Å²) < 4.78 is 2.56. The van der Waals surface area contributed by atoms with E-state index in [0.717, 1.165) is 44.3 Å². The van der Waals surface area contributed by atoms with E-state index >= 15 is 0 Å². The molecule has 0 atom stereocenters. The summed E-state index contributed by atoms with van der Waals surface area (Å²) >= 11 is 9.95. The third-order valence-electron chi connectivity index (χ3n) is 5.92. The van der Waals surface area contributed by atoms with Crippen LogP contribution in [0.3, 0.4) is 0 Å². The second kappa shape index (κ2) is 10.1. The number of nitrogens with one attached hydrogen (secondary N) is 1. The third-order valence-corrected chi connectivity index (χ3v) is 6.81. The van der Waals surface area contributed by atoms with Crippen molar-refractivity contribution in [3.63, 3.8) is 0 Å². The van der Waals surface area contributed by atoms with Gasteiger partial charge in [0.2, 0.25) is 0 Å². The van der Waals surface area contributed by atoms with Crippen LogP contribution in [0.15, 0.2) is 83.5 Å². The predicted octanol–water partition coefficient (Wildman–Crippen LogP) is 6.54. The molecule has 0 unspecified atom stereocenters. The topological polar surface area (TPSA) is 62.5 Å². The first-order chi connectivity index (χ1) is 17.0. The van der Waals surface area contributed by atoms with Crippen molar-refractivity contribution in [2.24, 2.45) is 0 Å². The molecule has 2 heterocycles. The van der Waals surface area contributed by atoms with Crippen LogP contribution in [0.25, 0.3) is 27.7 Å². The van der Waals surface area contributed by atoms with Crippen molar-refractivity contribution in [2.75, 3.05) is 25.5 Å². The molecule has 0 spiro atoms. The number of carbonyl (C=O) groups excluding carboxylic acids is 1. The highest BCUT2D eigenvalue weighted by atomic mass is 79.9. The maximum atomic E-state index is 13.1. The molecule has 0 bridgehead atoms. The summed E-state index contributed by atoms with van der Waals surface area (Å²) in [6.45, 7) is 1.27. The molecule has 35 heavy (non-hydrogen) atoms. The number of rotatable bonds is 7. The molecule has 2 aromatic heterocycles. The number of nitrogens with zero attached hydrogens (tertiary/aromatic N) is 4. The summed E-state index contributed by atoms with van der Waals surface area (Å²) in [5.74, 6) is 0.823. The lowest BCUT2D eigenvalue weighted by atomic mass is 10.0. The summed E-state index contributed by atoms with van der Waals surface area (Å²) in [6, 6.07) is 23.4. The van der Waals surface area contributed by atoms with Crippen LogP contribution in [-0.4, -0.2) is 45.5 Å². The number of aromatic nitrogens is 3. The Kier molecular flexibility index (Phi) is 6.70. The predicted molar refractivity (Wildman–Crippen MR) is 145 cm³/mol. The summed E-state index contributed by atoms with van der Waals surface area (Å²) in [5.41, 5.74) is 3.04. The highest BCUT2D eigenvalue weighted by Gasteiger charge is 2.15. The van der Waals surface area contributed by atoms with Crippen LogP contribution in [-0.2, 0) is 0 Å². The monoisotopic (exact) mass is 547 g/mol. The van der Waals surface area contributed by atoms with Gasteiger partial charge in [0.25, 0.3) is 5.91 Å². The molecule has 0 aliphatic carbocycles. The SMILES string of the molecule is CN(CCCNc1cc(-c2ccccc2Cl)nc2c(Br)cnn12)C(=O)c1cccc2ccccc12. The summed E-state index contributed by atoms with van der Waals surface area (Å²) in [7, 11) is 1.84. The van der Waals surface area contributed by atoms with E-state index in [1.165, 1.54) is 0 Å². The normalized spacial score (nSPS) is 11.2. The lowest BCUT2D eigenvalue weighted by molar-refractivity contribution is 0.0796. The molecule has 8 heteroatoms. The lowest BCUT2D eigenvalue weighted by Gasteiger charge is -2.19. The molecular formula is C27H23BrClN5O. The van der Waals surface area contributed by atoms with E-state index in [4.69, 9.17) is 16.6 Å². The van der Waals surface area contributed by atoms with Gasteiger partial charge in [0.15, 0.2) is 5.65 Å². The fraction of sp³-hybridized carbons (Fsp3) is 0.148. The van der Waals surface area contributed by atoms with Gasteiger partial charge < -0.3 is 10.2 Å². The van der Waals surface area contributed by atoms with E-state index in [2.05, 4.69) is 26.3 Å². The number of amides is 1. The first-order valence-electron chi connectivity index (χ1n) is 11.3. The molecule has 0 saturated heterocycles. The van der Waals surface area contributed by atoms with Gasteiger partial charge >= 0.3 is 0 Å². The van der Waals surface area contributed by atoms with Crippen molar-refractivity contribution in [3.8, 4) is 11.3 Å². The molecule has 5 rings (SSSR count). The third kappa shape index (κ3) is 4.74. The minimum atomic E-state index is 0.0186. The fourth-order valence-electron chi connectivity index (χ4n) is 4.12. The molecule has 6 nitrogen and oxygen atoms in total. The number of carbonyl (C=O) groups is 1. The van der Waals surface area contributed by atoms with Crippen molar-refractivity contribution < 1.29 is 4.79 Å². The quantitative estimate of drug-likeness (QED) is 0.235. The van der Waals surface area contributed by atoms with Gasteiger partial charge in [-0.25, -0.2) is 4.98 Å². The largest absolute Gasteiger partial charge is 0.370 e. The van der Waals surface area contributed by atoms with Gasteiger partial charge in [-0.3, -0.25) is 4.79 Å². The lowest BCUT2D eigenvalue weighted by Crippen LogP contribution is -2.29. The van der Waals surface area contributed by atoms with Gasteiger partial charge in [0.05, 0.1) is 16.4 Å². The Balaban J connectivity index is 1.29. The molecule has 0 aliphatic rings. The number of hydrogen-bond acceptors (Lipinski definition) is 4. The van der Waals surface area contributed by atoms with Gasteiger partial charge in [-0.15, -0.1) is 0 Å². The standard InChI is InChI=1S/C27H23BrClN5O/c1-33(27(35)20-12-6-9-18-8-2-3-10-19(18)20)15-7-14-30-25-16-24(21-11-4-5-13-23(21)29)32-26-22(28)17-31-34(25)26/h2-6,8-13,16-17,30H,7,14-15H2,1H3. The Morgan fingerprint density at radius 3 is 2.71 bits per heavy atom. The second-order valence-corrected chi connectivity index (χ2v) is 9.53. The van der Waals surface area contributed by atoms with E-state index in [0.29, 0.717) is 23.8 Å². The van der Waals surface area contributed by atoms with Crippen LogP contribution < -0.4 is 5.32 Å². The van der Waals surface area contributed by atoms with E-state index in [9.17, 15) is 4.79 Å². The Bertz CT molecular complexity index is 1530. The maximum Gasteiger partial charge on any atom is 0.254 e. The van der Waals surface area contributed by atoms with Crippen molar-refractivity contribution >= 4 is 55.7 Å². The first-order valence-corrected chi connectivity index (χ1v) is 12.5. The van der Waals surface area contributed by atoms with Crippen molar-refractivity contribution in [1.29, 1.82) is 0 Å². The summed E-state index contributed by atoms with van der Waals surface area (Å²) in [6.07, 6.45) is 2.49. The van der Waals surface area contributed by atoms with Crippen LogP contribution in [0.2, 0.25) is 5.02 Å². The molecule has 5 aromatic rings. The average Bonchev–Trinajstić information content (AvgIpc) is 3.26. The van der Waals surface area contributed by atoms with E-state index in [1.54, 1.807) is 15.6 Å². The van der Waals surface area contributed by atoms with E-state index in [1.807, 2.05) is 79.8 Å². The number of fused-ring (bicyclic) bond motifs is 2. The van der Waals surface area contributed by atoms with Gasteiger partial charge in [-0.2, -0.15) is 9.61 Å². The van der Waals surface area contributed by atoms with Crippen molar-refractivity contribution in [2.45, 2.75) is 6.42 Å². The molecular weight excluding hydrogens is 526 g/mol. The molecule has 0 radical (unpaired) electrons. The van der Waals surface area contributed by atoms with Crippen LogP contribution in [0, 0.1) is 0 Å². The number of anilines is 1. The summed E-state index contributed by atoms with van der Waals surface area (Å²) in [4.78, 5) is 19.6. The number of halogens is 2. The second-order valence-electron chi connectivity index (χ2n) is 8.27. The Hall–Kier alpha value is -3.42. The van der Waals surface area contributed by atoms with Crippen LogP contribution in [0.5, 0.6) is 0 Å². The molecule has 0 saturated carbocycles. The molecule has 1 amide bonds. The smallest absolute Gasteiger partial charge is 0.254 e. The van der Waals surface area contributed by atoms with E-state index < -0.39 is 0 Å². The van der Waals surface area contributed by atoms with Crippen LogP contribution in [0.1, 0.15) is 16.8 Å². The van der Waals surface area contributed by atoms with Gasteiger partial charge in [-0.1, -0.05) is 66.2 Å². The minimum absolute atomic E-state index is 0.0186. The van der Waals surface area contributed by atoms with Crippen molar-refractivity contribution in [1.82, 2.24) is 19.5 Å². The highest BCUT2D eigenvalue weighted by molar-refractivity contribution is 9.10. The van der Waals surface area contributed by atoms with Crippen LogP contribution >= 0.6 is 27.5 Å². The fourth-order valence-corrected chi connectivity index (χ4v) is 4.70. The zero-order valence-electron chi connectivity index (χ0n) is 19.1. The number of benzene rings is 3. The highest BCUT2D eigenvalue weighted by Crippen LogP contribution is 2.30. The van der Waals surface area contributed by atoms with Gasteiger partial charge in [0, 0.05) is 42.4 Å². The minimum Gasteiger partial charge on any atom is -0.370 e. The average molecular weight is 549 g/mol. The van der Waals surface area contributed by atoms with E-state index in [-0.39, 0.29) is 5.91 Å². The molecule has 176 valence electrons. The maximum absolute atomic E-state index is 13.1. The molecule has 0 fully saturated rings. The van der Waals surface area contributed by atoms with Gasteiger partial charge in [-0.05, 0) is 45.3 Å². The zero-order valence-corrected chi connectivity index (χ0v) is 21.4. The molecule has 0 aliphatic heterocycles. The first kappa shape index (κ1) is 23.3. The van der Waals surface area contributed by atoms with Crippen LogP contribution in [0.4, 0.5) is 5.82 Å². The zero-order chi connectivity index (χ0) is 24.4. The van der Waals surface area contributed by atoms with Gasteiger partial charge in [0.1, 0.15) is 5.82 Å². The molecule has 1 N–H and O–H groups in total. The van der Waals surface area contributed by atoms with Crippen molar-refractivity contribution in [3.05, 3.63) is 94.1 Å². The number of hydrogen-bond donors (Lipinski definition) is 1.